The number of hydrogen-bond acceptors (Lipinski definition) is 5. The van der Waals surface area contributed by atoms with Crippen molar-refractivity contribution in [2.24, 2.45) is 0 Å². The molecule has 1 aromatic carbocycles. The van der Waals surface area contributed by atoms with E-state index in [1.165, 1.54) is 17.4 Å². The number of hydrogen-bond donors (Lipinski definition) is 1. The molecular weight excluding hydrogens is 400 g/mol. The lowest BCUT2D eigenvalue weighted by molar-refractivity contribution is 0.0474. The second-order valence-corrected chi connectivity index (χ2v) is 8.21. The zero-order valence-corrected chi connectivity index (χ0v) is 18.2. The Bertz CT molecular complexity index is 1080. The van der Waals surface area contributed by atoms with Gasteiger partial charge in [0.25, 0.3) is 5.91 Å². The molecule has 0 aliphatic heterocycles. The van der Waals surface area contributed by atoms with Gasteiger partial charge in [0, 0.05) is 28.7 Å². The summed E-state index contributed by atoms with van der Waals surface area (Å²) >= 11 is 1.33. The average molecular weight is 425 g/mol. The predicted octanol–water partition coefficient (Wildman–Crippen LogP) is 5.04. The van der Waals surface area contributed by atoms with Crippen LogP contribution >= 0.6 is 11.3 Å². The molecule has 1 amide bonds. The van der Waals surface area contributed by atoms with Crippen molar-refractivity contribution in [2.45, 2.75) is 33.7 Å². The summed E-state index contributed by atoms with van der Waals surface area (Å²) in [5.74, 6) is -1.11. The average Bonchev–Trinajstić information content (AvgIpc) is 3.34. The van der Waals surface area contributed by atoms with E-state index in [-0.39, 0.29) is 29.9 Å². The van der Waals surface area contributed by atoms with Crippen LogP contribution in [0.2, 0.25) is 0 Å². The highest BCUT2D eigenvalue weighted by Gasteiger charge is 2.19. The van der Waals surface area contributed by atoms with E-state index in [9.17, 15) is 14.4 Å². The predicted molar refractivity (Wildman–Crippen MR) is 118 cm³/mol. The van der Waals surface area contributed by atoms with Gasteiger partial charge in [0.05, 0.1) is 10.4 Å². The number of aryl methyl sites for hydroxylation is 1. The van der Waals surface area contributed by atoms with Gasteiger partial charge in [-0.15, -0.1) is 11.3 Å². The van der Waals surface area contributed by atoms with E-state index in [0.29, 0.717) is 16.1 Å². The summed E-state index contributed by atoms with van der Waals surface area (Å²) in [6.07, 6.45) is 0. The van der Waals surface area contributed by atoms with Gasteiger partial charge in [-0.2, -0.15) is 0 Å². The lowest BCUT2D eigenvalue weighted by Gasteiger charge is -2.13. The van der Waals surface area contributed by atoms with Crippen molar-refractivity contribution in [1.29, 1.82) is 0 Å². The number of benzene rings is 1. The van der Waals surface area contributed by atoms with E-state index in [1.54, 1.807) is 30.3 Å². The van der Waals surface area contributed by atoms with Gasteiger partial charge in [0.2, 0.25) is 5.78 Å². The fourth-order valence-corrected chi connectivity index (χ4v) is 4.09. The van der Waals surface area contributed by atoms with E-state index in [2.05, 4.69) is 23.7 Å². The number of thiophene rings is 1. The van der Waals surface area contributed by atoms with Crippen LogP contribution in [0.15, 0.2) is 47.8 Å². The molecule has 2 aromatic heterocycles. The fourth-order valence-electron chi connectivity index (χ4n) is 3.47. The van der Waals surface area contributed by atoms with Crippen LogP contribution < -0.4 is 5.32 Å². The summed E-state index contributed by atoms with van der Waals surface area (Å²) in [6, 6.07) is 12.0. The van der Waals surface area contributed by atoms with Crippen molar-refractivity contribution in [1.82, 2.24) is 4.57 Å². The molecule has 156 valence electrons. The molecule has 6 nitrogen and oxygen atoms in total. The Labute approximate surface area is 179 Å². The van der Waals surface area contributed by atoms with Crippen LogP contribution in [-0.4, -0.2) is 28.8 Å². The number of esters is 1. The number of nitrogens with one attached hydrogen (secondary N) is 1. The van der Waals surface area contributed by atoms with E-state index in [4.69, 9.17) is 4.74 Å². The Morgan fingerprint density at radius 1 is 1.10 bits per heavy atom. The van der Waals surface area contributed by atoms with E-state index in [1.807, 2.05) is 25.3 Å². The van der Waals surface area contributed by atoms with Crippen molar-refractivity contribution < 1.29 is 19.1 Å². The molecular formula is C23H24N2O4S. The van der Waals surface area contributed by atoms with Crippen molar-refractivity contribution in [2.75, 3.05) is 11.9 Å². The zero-order valence-electron chi connectivity index (χ0n) is 17.4. The van der Waals surface area contributed by atoms with E-state index >= 15 is 0 Å². The van der Waals surface area contributed by atoms with Gasteiger partial charge in [-0.05, 0) is 63.4 Å². The topological polar surface area (TPSA) is 77.4 Å². The van der Waals surface area contributed by atoms with Crippen LogP contribution in [0.3, 0.4) is 0 Å². The molecule has 0 radical (unpaired) electrons. The Morgan fingerprint density at radius 3 is 2.50 bits per heavy atom. The third kappa shape index (κ3) is 4.68. The highest BCUT2D eigenvalue weighted by atomic mass is 32.1. The molecule has 0 spiro atoms. The highest BCUT2D eigenvalue weighted by molar-refractivity contribution is 7.12. The van der Waals surface area contributed by atoms with Crippen molar-refractivity contribution in [3.63, 3.8) is 0 Å². The zero-order chi connectivity index (χ0) is 21.8. The number of nitrogens with zero attached hydrogens (tertiary/aromatic N) is 1. The Morgan fingerprint density at radius 2 is 1.87 bits per heavy atom. The lowest BCUT2D eigenvalue weighted by Crippen LogP contribution is -2.16. The SMILES string of the molecule is Cc1cc(C(=O)COC(=O)c2cccc(NC(=O)c3cccs3)c2)c(C)n1C(C)C. The van der Waals surface area contributed by atoms with Crippen LogP contribution in [0.4, 0.5) is 5.69 Å². The maximum Gasteiger partial charge on any atom is 0.338 e. The number of amides is 1. The standard InChI is InChI=1S/C23H24N2O4S/c1-14(2)25-15(3)11-19(16(25)4)20(26)13-29-23(28)17-7-5-8-18(12-17)24-22(27)21-9-6-10-30-21/h5-12,14H,13H2,1-4H3,(H,24,27). The number of carbonyl (C=O) groups is 3. The first kappa shape index (κ1) is 21.5. The van der Waals surface area contributed by atoms with Crippen LogP contribution in [0, 0.1) is 13.8 Å². The monoisotopic (exact) mass is 424 g/mol. The quantitative estimate of drug-likeness (QED) is 0.426. The molecule has 0 aliphatic carbocycles. The van der Waals surface area contributed by atoms with Gasteiger partial charge in [0.1, 0.15) is 0 Å². The lowest BCUT2D eigenvalue weighted by atomic mass is 10.1. The maximum absolute atomic E-state index is 12.6. The fraction of sp³-hybridized carbons (Fsp3) is 0.261. The molecule has 0 unspecified atom stereocenters. The van der Waals surface area contributed by atoms with Crippen LogP contribution in [0.25, 0.3) is 0 Å². The molecule has 2 heterocycles. The normalized spacial score (nSPS) is 10.8. The largest absolute Gasteiger partial charge is 0.454 e. The minimum atomic E-state index is -0.617. The number of aromatic nitrogens is 1. The van der Waals surface area contributed by atoms with Gasteiger partial charge in [-0.3, -0.25) is 9.59 Å². The summed E-state index contributed by atoms with van der Waals surface area (Å²) < 4.78 is 7.31. The summed E-state index contributed by atoms with van der Waals surface area (Å²) in [7, 11) is 0. The first-order valence-electron chi connectivity index (χ1n) is 9.61. The summed E-state index contributed by atoms with van der Waals surface area (Å²) in [4.78, 5) is 37.8. The first-order chi connectivity index (χ1) is 14.3. The molecule has 0 bridgehead atoms. The minimum Gasteiger partial charge on any atom is -0.454 e. The third-order valence-electron chi connectivity index (χ3n) is 4.74. The molecule has 0 saturated heterocycles. The van der Waals surface area contributed by atoms with Crippen LogP contribution in [-0.2, 0) is 4.74 Å². The number of ketones is 1. The second-order valence-electron chi connectivity index (χ2n) is 7.26. The Kier molecular flexibility index (Phi) is 6.52. The molecule has 0 atom stereocenters. The number of anilines is 1. The van der Waals surface area contributed by atoms with Gasteiger partial charge < -0.3 is 14.6 Å². The number of ether oxygens (including phenoxy) is 1. The highest BCUT2D eigenvalue weighted by Crippen LogP contribution is 2.21. The minimum absolute atomic E-state index is 0.237. The van der Waals surface area contributed by atoms with E-state index in [0.717, 1.165) is 11.4 Å². The first-order valence-corrected chi connectivity index (χ1v) is 10.5. The number of Topliss-reactive ketones (excluding diaryl/α,β-unsaturated/α-hetero) is 1. The summed E-state index contributed by atoms with van der Waals surface area (Å²) in [5.41, 5.74) is 3.16. The van der Waals surface area contributed by atoms with Crippen LogP contribution in [0.5, 0.6) is 0 Å². The van der Waals surface area contributed by atoms with Crippen molar-refractivity contribution in [3.8, 4) is 0 Å². The Hall–Kier alpha value is -3.19. The van der Waals surface area contributed by atoms with Gasteiger partial charge in [-0.25, -0.2) is 4.79 Å². The van der Waals surface area contributed by atoms with Gasteiger partial charge >= 0.3 is 5.97 Å². The number of rotatable bonds is 7. The summed E-state index contributed by atoms with van der Waals surface area (Å²) in [5, 5.41) is 4.57. The molecule has 30 heavy (non-hydrogen) atoms. The Balaban J connectivity index is 1.65. The van der Waals surface area contributed by atoms with Crippen molar-refractivity contribution in [3.05, 3.63) is 75.2 Å². The molecule has 0 saturated carbocycles. The van der Waals surface area contributed by atoms with E-state index < -0.39 is 5.97 Å². The van der Waals surface area contributed by atoms with Gasteiger partial charge in [-0.1, -0.05) is 12.1 Å². The maximum atomic E-state index is 12.6. The third-order valence-corrected chi connectivity index (χ3v) is 5.61. The molecule has 1 N–H and O–H groups in total. The smallest absolute Gasteiger partial charge is 0.338 e. The molecule has 3 rings (SSSR count). The molecule has 0 aliphatic rings. The molecule has 3 aromatic rings. The van der Waals surface area contributed by atoms with Crippen LogP contribution in [0.1, 0.15) is 61.7 Å². The van der Waals surface area contributed by atoms with Gasteiger partial charge in [0.15, 0.2) is 6.61 Å². The second kappa shape index (κ2) is 9.09. The molecule has 0 fully saturated rings. The summed E-state index contributed by atoms with van der Waals surface area (Å²) in [6.45, 7) is 7.61. The number of carbonyl (C=O) groups excluding carboxylic acids is 3. The van der Waals surface area contributed by atoms with Crippen molar-refractivity contribution >= 4 is 34.7 Å². The molecule has 7 heteroatoms.